The highest BCUT2D eigenvalue weighted by Gasteiger charge is 2.17. The second-order valence-electron chi connectivity index (χ2n) is 9.36. The molecule has 0 aliphatic rings. The smallest absolute Gasteiger partial charge is 0.159 e. The van der Waals surface area contributed by atoms with Crippen LogP contribution in [-0.4, -0.2) is 35.2 Å². The minimum Gasteiger partial charge on any atom is -0.508 e. The molecule has 0 radical (unpaired) electrons. The number of hydrogen-bond donors (Lipinski definition) is 3. The van der Waals surface area contributed by atoms with Crippen molar-refractivity contribution in [2.75, 3.05) is 0 Å². The molecule has 4 heterocycles. The van der Waals surface area contributed by atoms with Crippen LogP contribution in [0.4, 0.5) is 4.39 Å². The van der Waals surface area contributed by atoms with Crippen LogP contribution in [-0.2, 0) is 6.61 Å². The van der Waals surface area contributed by atoms with Gasteiger partial charge in [0.05, 0.1) is 34.6 Å². The van der Waals surface area contributed by atoms with E-state index in [0.717, 1.165) is 33.6 Å². The molecule has 0 fully saturated rings. The summed E-state index contributed by atoms with van der Waals surface area (Å²) in [5.41, 5.74) is 6.56. The molecule has 0 atom stereocenters. The van der Waals surface area contributed by atoms with Gasteiger partial charge in [-0.2, -0.15) is 5.10 Å². The summed E-state index contributed by atoms with van der Waals surface area (Å²) in [7, 11) is 0. The van der Waals surface area contributed by atoms with Crippen LogP contribution in [0.25, 0.3) is 55.8 Å². The van der Waals surface area contributed by atoms with Crippen LogP contribution in [0, 0.1) is 5.82 Å². The quantitative estimate of drug-likeness (QED) is 0.223. The summed E-state index contributed by atoms with van der Waals surface area (Å²) in [6.45, 7) is 0.438. The number of para-hydroxylation sites is 1. The first-order chi connectivity index (χ1) is 19.6. The minimum atomic E-state index is -0.523. The van der Waals surface area contributed by atoms with Gasteiger partial charge in [0.25, 0.3) is 0 Å². The predicted octanol–water partition coefficient (Wildman–Crippen LogP) is 6.65. The summed E-state index contributed by atoms with van der Waals surface area (Å²) in [5.74, 6) is 0.517. The predicted molar refractivity (Wildman–Crippen MR) is 150 cm³/mol. The van der Waals surface area contributed by atoms with Gasteiger partial charge < -0.3 is 14.8 Å². The van der Waals surface area contributed by atoms with Crippen molar-refractivity contribution in [1.82, 2.24) is 30.1 Å². The van der Waals surface area contributed by atoms with Gasteiger partial charge in [-0.3, -0.25) is 15.1 Å². The molecule has 0 saturated heterocycles. The maximum Gasteiger partial charge on any atom is 0.159 e. The van der Waals surface area contributed by atoms with Gasteiger partial charge in [0, 0.05) is 28.8 Å². The Kier molecular flexibility index (Phi) is 5.67. The highest BCUT2D eigenvalue weighted by atomic mass is 19.1. The number of aromatic nitrogens is 6. The number of phenolic OH excluding ortho intramolecular Hbond substituents is 1. The summed E-state index contributed by atoms with van der Waals surface area (Å²) in [6, 6.07) is 23.3. The Hall–Kier alpha value is -5.57. The summed E-state index contributed by atoms with van der Waals surface area (Å²) < 4.78 is 20.0. The molecule has 7 aromatic rings. The van der Waals surface area contributed by atoms with Crippen LogP contribution < -0.4 is 4.74 Å². The zero-order valence-corrected chi connectivity index (χ0v) is 21.0. The first-order valence-electron chi connectivity index (χ1n) is 12.6. The number of hydrogen-bond acceptors (Lipinski definition) is 6. The summed E-state index contributed by atoms with van der Waals surface area (Å²) >= 11 is 0. The Morgan fingerprint density at radius 2 is 1.75 bits per heavy atom. The van der Waals surface area contributed by atoms with Gasteiger partial charge in [0.15, 0.2) is 5.82 Å². The van der Waals surface area contributed by atoms with E-state index in [9.17, 15) is 9.50 Å². The molecule has 194 valence electrons. The molecule has 3 N–H and O–H groups in total. The first-order valence-corrected chi connectivity index (χ1v) is 12.6. The number of aromatic amines is 2. The van der Waals surface area contributed by atoms with Crippen LogP contribution in [0.15, 0.2) is 97.5 Å². The van der Waals surface area contributed by atoms with Gasteiger partial charge in [-0.1, -0.05) is 42.5 Å². The average molecular weight is 529 g/mol. The fourth-order valence-electron chi connectivity index (χ4n) is 4.74. The number of aromatic hydroxyl groups is 1. The van der Waals surface area contributed by atoms with Gasteiger partial charge in [-0.25, -0.2) is 9.37 Å². The topological polar surface area (TPSA) is 113 Å². The van der Waals surface area contributed by atoms with E-state index < -0.39 is 5.82 Å². The van der Waals surface area contributed by atoms with Gasteiger partial charge >= 0.3 is 0 Å². The van der Waals surface area contributed by atoms with Crippen molar-refractivity contribution in [3.63, 3.8) is 0 Å². The van der Waals surface area contributed by atoms with Crippen LogP contribution in [0.2, 0.25) is 0 Å². The molecule has 0 aliphatic heterocycles. The van der Waals surface area contributed by atoms with Crippen molar-refractivity contribution in [3.05, 3.63) is 109 Å². The molecule has 7 rings (SSSR count). The molecule has 0 unspecified atom stereocenters. The SMILES string of the molecule is Oc1cc(F)cc(-c2cccc3[nH]c(-c4n[nH]c5cnc(-c6cncc(OCc7ccccc7)c6)cc45)nc23)c1. The lowest BCUT2D eigenvalue weighted by molar-refractivity contribution is 0.305. The molecule has 9 heteroatoms. The Labute approximate surface area is 227 Å². The molecule has 0 aliphatic carbocycles. The number of nitrogens with one attached hydrogen (secondary N) is 2. The van der Waals surface area contributed by atoms with Crippen LogP contribution >= 0.6 is 0 Å². The fourth-order valence-corrected chi connectivity index (χ4v) is 4.74. The second kappa shape index (κ2) is 9.63. The summed E-state index contributed by atoms with van der Waals surface area (Å²) in [5, 5.41) is 18.3. The van der Waals surface area contributed by atoms with E-state index in [1.807, 2.05) is 60.7 Å². The van der Waals surface area contributed by atoms with Crippen LogP contribution in [0.1, 0.15) is 5.56 Å². The van der Waals surface area contributed by atoms with Crippen molar-refractivity contribution in [3.8, 4) is 45.4 Å². The zero-order chi connectivity index (χ0) is 27.1. The van der Waals surface area contributed by atoms with Gasteiger partial charge in [0.1, 0.15) is 29.6 Å². The van der Waals surface area contributed by atoms with Crippen LogP contribution in [0.3, 0.4) is 0 Å². The molecular formula is C31H21FN6O2. The van der Waals surface area contributed by atoms with Crippen molar-refractivity contribution < 1.29 is 14.2 Å². The number of ether oxygens (including phenoxy) is 1. The molecule has 0 bridgehead atoms. The molecule has 40 heavy (non-hydrogen) atoms. The molecule has 4 aromatic heterocycles. The normalized spacial score (nSPS) is 11.3. The molecule has 3 aromatic carbocycles. The summed E-state index contributed by atoms with van der Waals surface area (Å²) in [6.07, 6.45) is 5.14. The van der Waals surface area contributed by atoms with Crippen molar-refractivity contribution in [2.45, 2.75) is 6.61 Å². The van der Waals surface area contributed by atoms with Gasteiger partial charge in [-0.05, 0) is 41.5 Å². The highest BCUT2D eigenvalue weighted by molar-refractivity contribution is 5.97. The Morgan fingerprint density at radius 1 is 0.850 bits per heavy atom. The maximum atomic E-state index is 14.0. The number of pyridine rings is 2. The zero-order valence-electron chi connectivity index (χ0n) is 21.0. The number of imidazole rings is 1. The van der Waals surface area contributed by atoms with Crippen molar-refractivity contribution >= 4 is 21.9 Å². The Balaban J connectivity index is 1.25. The number of benzene rings is 3. The number of nitrogens with zero attached hydrogens (tertiary/aromatic N) is 4. The molecule has 8 nitrogen and oxygen atoms in total. The number of halogens is 1. The number of H-pyrrole nitrogens is 2. The van der Waals surface area contributed by atoms with E-state index in [2.05, 4.69) is 25.1 Å². The maximum absolute atomic E-state index is 14.0. The average Bonchev–Trinajstić information content (AvgIpc) is 3.60. The third-order valence-electron chi connectivity index (χ3n) is 6.64. The number of phenols is 1. The van der Waals surface area contributed by atoms with E-state index >= 15 is 0 Å². The van der Waals surface area contributed by atoms with Crippen molar-refractivity contribution in [2.24, 2.45) is 0 Å². The lowest BCUT2D eigenvalue weighted by Gasteiger charge is -2.08. The molecular weight excluding hydrogens is 507 g/mol. The standard InChI is InChI=1S/C31H21FN6O2/c32-21-9-19(10-22(39)12-21)24-7-4-8-26-29(24)36-31(35-26)30-25-13-27(34-16-28(25)37-38-30)20-11-23(15-33-14-20)40-17-18-5-2-1-3-6-18/h1-16,39H,17H2,(H,35,36)(H,37,38). The molecule has 0 saturated carbocycles. The largest absolute Gasteiger partial charge is 0.508 e. The van der Waals surface area contributed by atoms with E-state index in [4.69, 9.17) is 9.72 Å². The number of rotatable bonds is 6. The van der Waals surface area contributed by atoms with Crippen molar-refractivity contribution in [1.29, 1.82) is 0 Å². The lowest BCUT2D eigenvalue weighted by atomic mass is 10.0. The van der Waals surface area contributed by atoms with Gasteiger partial charge in [0.2, 0.25) is 0 Å². The number of fused-ring (bicyclic) bond motifs is 2. The van der Waals surface area contributed by atoms with E-state index in [1.54, 1.807) is 18.6 Å². The highest BCUT2D eigenvalue weighted by Crippen LogP contribution is 2.34. The van der Waals surface area contributed by atoms with Crippen LogP contribution in [0.5, 0.6) is 11.5 Å². The first kappa shape index (κ1) is 23.5. The third-order valence-corrected chi connectivity index (χ3v) is 6.64. The fraction of sp³-hybridized carbons (Fsp3) is 0.0323. The van der Waals surface area contributed by atoms with E-state index in [0.29, 0.717) is 46.2 Å². The third kappa shape index (κ3) is 4.39. The second-order valence-corrected chi connectivity index (χ2v) is 9.36. The molecule has 0 amide bonds. The van der Waals surface area contributed by atoms with Gasteiger partial charge in [-0.15, -0.1) is 0 Å². The Bertz CT molecular complexity index is 1980. The summed E-state index contributed by atoms with van der Waals surface area (Å²) in [4.78, 5) is 17.1. The molecule has 0 spiro atoms. The Morgan fingerprint density at radius 3 is 2.62 bits per heavy atom. The minimum absolute atomic E-state index is 0.148. The van der Waals surface area contributed by atoms with E-state index in [1.165, 1.54) is 12.1 Å². The monoisotopic (exact) mass is 528 g/mol. The van der Waals surface area contributed by atoms with E-state index in [-0.39, 0.29) is 5.75 Å². The lowest BCUT2D eigenvalue weighted by Crippen LogP contribution is -1.96.